The second-order valence-corrected chi connectivity index (χ2v) is 10.7. The molecule has 2 aromatic rings. The number of halogens is 5. The summed E-state index contributed by atoms with van der Waals surface area (Å²) in [6.07, 6.45) is 0.330. The van der Waals surface area contributed by atoms with Crippen molar-refractivity contribution in [1.82, 2.24) is 15.6 Å². The van der Waals surface area contributed by atoms with Crippen LogP contribution in [0.5, 0.6) is 5.75 Å². The van der Waals surface area contributed by atoms with Gasteiger partial charge in [-0.1, -0.05) is 23.2 Å². The molecule has 2 aliphatic heterocycles. The third kappa shape index (κ3) is 6.59. The molecule has 4 rings (SSSR count). The van der Waals surface area contributed by atoms with Crippen molar-refractivity contribution < 1.29 is 27.5 Å². The fourth-order valence-electron chi connectivity index (χ4n) is 4.90. The van der Waals surface area contributed by atoms with E-state index in [0.29, 0.717) is 28.6 Å². The van der Waals surface area contributed by atoms with Crippen molar-refractivity contribution in [2.24, 2.45) is 0 Å². The number of pyridine rings is 1. The number of carbonyl (C=O) groups excluding carboxylic acids is 2. The topological polar surface area (TPSA) is 83.6 Å². The molecule has 0 spiro atoms. The van der Waals surface area contributed by atoms with Gasteiger partial charge >= 0.3 is 6.18 Å². The number of amides is 2. The minimum atomic E-state index is -4.49. The van der Waals surface area contributed by atoms with Crippen LogP contribution in [-0.4, -0.2) is 53.2 Å². The maximum atomic E-state index is 13.1. The van der Waals surface area contributed by atoms with Crippen LogP contribution >= 0.6 is 23.2 Å². The fraction of sp³-hybridized carbons (Fsp3) is 0.480. The Morgan fingerprint density at radius 3 is 2.35 bits per heavy atom. The first kappa shape index (κ1) is 27.3. The highest BCUT2D eigenvalue weighted by atomic mass is 35.5. The molecule has 2 amide bonds. The first-order valence-corrected chi connectivity index (χ1v) is 12.6. The van der Waals surface area contributed by atoms with Gasteiger partial charge in [-0.25, -0.2) is 4.98 Å². The maximum absolute atomic E-state index is 13.1. The summed E-state index contributed by atoms with van der Waals surface area (Å²) in [5.74, 6) is -0.769. The van der Waals surface area contributed by atoms with E-state index >= 15 is 0 Å². The molecule has 0 unspecified atom stereocenters. The van der Waals surface area contributed by atoms with Crippen LogP contribution in [0.15, 0.2) is 36.5 Å². The van der Waals surface area contributed by atoms with E-state index < -0.39 is 24.2 Å². The van der Waals surface area contributed by atoms with Gasteiger partial charge < -0.3 is 20.3 Å². The van der Waals surface area contributed by atoms with Crippen LogP contribution in [0.25, 0.3) is 0 Å². The number of benzene rings is 1. The molecule has 1 aromatic heterocycles. The lowest BCUT2D eigenvalue weighted by molar-refractivity contribution is -0.135. The number of anilines is 1. The molecule has 2 aliphatic rings. The van der Waals surface area contributed by atoms with Crippen LogP contribution in [0.4, 0.5) is 18.9 Å². The Morgan fingerprint density at radius 1 is 1.11 bits per heavy atom. The summed E-state index contributed by atoms with van der Waals surface area (Å²) >= 11 is 12.1. The predicted molar refractivity (Wildman–Crippen MR) is 134 cm³/mol. The molecule has 7 nitrogen and oxygen atoms in total. The molecule has 12 heteroatoms. The highest BCUT2D eigenvalue weighted by Gasteiger charge is 2.43. The number of piperidine rings is 1. The van der Waals surface area contributed by atoms with Crippen LogP contribution < -0.4 is 20.3 Å². The Labute approximate surface area is 222 Å². The molecule has 2 bridgehead atoms. The maximum Gasteiger partial charge on any atom is 0.405 e. The van der Waals surface area contributed by atoms with Gasteiger partial charge in [0.1, 0.15) is 18.0 Å². The lowest BCUT2D eigenvalue weighted by atomic mass is 9.95. The molecule has 2 saturated heterocycles. The number of aromatic nitrogens is 1. The monoisotopic (exact) mass is 558 g/mol. The summed E-state index contributed by atoms with van der Waals surface area (Å²) in [5, 5.41) is 5.72. The van der Waals surface area contributed by atoms with Gasteiger partial charge in [-0.3, -0.25) is 9.59 Å². The van der Waals surface area contributed by atoms with Gasteiger partial charge in [0.05, 0.1) is 16.9 Å². The smallest absolute Gasteiger partial charge is 0.405 e. The second kappa shape index (κ2) is 10.6. The Bertz CT molecular complexity index is 1150. The van der Waals surface area contributed by atoms with Crippen molar-refractivity contribution in [2.75, 3.05) is 11.4 Å². The van der Waals surface area contributed by atoms with Crippen molar-refractivity contribution >= 4 is 40.7 Å². The molecular formula is C25H27Cl2F3N4O3. The number of rotatable bonds is 7. The average molecular weight is 559 g/mol. The van der Waals surface area contributed by atoms with Crippen LogP contribution in [-0.2, 0) is 4.79 Å². The number of ether oxygens (including phenoxy) is 1. The predicted octanol–water partition coefficient (Wildman–Crippen LogP) is 5.15. The first-order chi connectivity index (χ1) is 17.3. The van der Waals surface area contributed by atoms with Crippen molar-refractivity contribution in [3.63, 3.8) is 0 Å². The third-order valence-corrected chi connectivity index (χ3v) is 7.13. The summed E-state index contributed by atoms with van der Waals surface area (Å²) < 4.78 is 43.0. The van der Waals surface area contributed by atoms with Crippen molar-refractivity contribution in [2.45, 2.75) is 69.4 Å². The van der Waals surface area contributed by atoms with E-state index in [1.165, 1.54) is 12.3 Å². The highest BCUT2D eigenvalue weighted by Crippen LogP contribution is 2.39. The number of fused-ring (bicyclic) bond motifs is 2. The minimum absolute atomic E-state index is 0.0507. The average Bonchev–Trinajstić information content (AvgIpc) is 3.09. The van der Waals surface area contributed by atoms with E-state index in [1.54, 1.807) is 38.1 Å². The summed E-state index contributed by atoms with van der Waals surface area (Å²) in [7, 11) is 0. The van der Waals surface area contributed by atoms with E-state index in [4.69, 9.17) is 27.9 Å². The Hall–Kier alpha value is -2.72. The minimum Gasteiger partial charge on any atom is -0.476 e. The van der Waals surface area contributed by atoms with E-state index in [0.717, 1.165) is 18.5 Å². The SMILES string of the molecule is CC(C)(Oc1ccc(Cl)cc1Cl)C(=O)N[C@H]1C[C@H]2CC[C@@H](C1)N2c1ccc(C(=O)NCC(F)(F)F)nc1. The quantitative estimate of drug-likeness (QED) is 0.490. The van der Waals surface area contributed by atoms with Gasteiger partial charge in [-0.15, -0.1) is 0 Å². The van der Waals surface area contributed by atoms with Crippen molar-refractivity contribution in [3.8, 4) is 5.75 Å². The van der Waals surface area contributed by atoms with Crippen molar-refractivity contribution in [3.05, 3.63) is 52.3 Å². The van der Waals surface area contributed by atoms with Gasteiger partial charge in [0.25, 0.3) is 11.8 Å². The van der Waals surface area contributed by atoms with Crippen molar-refractivity contribution in [1.29, 1.82) is 0 Å². The number of nitrogens with zero attached hydrogens (tertiary/aromatic N) is 2. The van der Waals surface area contributed by atoms with E-state index in [1.807, 2.05) is 5.32 Å². The molecule has 2 N–H and O–H groups in total. The van der Waals surface area contributed by atoms with Gasteiger partial charge in [-0.2, -0.15) is 13.2 Å². The zero-order valence-electron chi connectivity index (χ0n) is 20.2. The lowest BCUT2D eigenvalue weighted by Gasteiger charge is -2.41. The molecule has 0 radical (unpaired) electrons. The van der Waals surface area contributed by atoms with E-state index in [2.05, 4.69) is 15.2 Å². The molecule has 0 saturated carbocycles. The lowest BCUT2D eigenvalue weighted by Crippen LogP contribution is -2.55. The normalized spacial score (nSPS) is 21.5. The standard InChI is InChI=1S/C25H27Cl2F3N4O3/c1-24(2,37-21-8-3-14(26)9-19(21)27)23(36)33-15-10-16-4-5-17(11-15)34(16)18-6-7-20(31-12-18)22(35)32-13-25(28,29)30/h3,6-9,12,15-17H,4-5,10-11,13H2,1-2H3,(H,32,35)(H,33,36)/t15-,16+,17-. The largest absolute Gasteiger partial charge is 0.476 e. The molecular weight excluding hydrogens is 532 g/mol. The zero-order chi connectivity index (χ0) is 27.0. The number of nitrogens with one attached hydrogen (secondary N) is 2. The van der Waals surface area contributed by atoms with Crippen LogP contribution in [0.3, 0.4) is 0 Å². The van der Waals surface area contributed by atoms with E-state index in [-0.39, 0.29) is 29.7 Å². The van der Waals surface area contributed by atoms with Gasteiger partial charge in [0, 0.05) is 23.1 Å². The Morgan fingerprint density at radius 2 is 1.78 bits per heavy atom. The van der Waals surface area contributed by atoms with Crippen LogP contribution in [0.1, 0.15) is 50.0 Å². The molecule has 3 atom stereocenters. The second-order valence-electron chi connectivity index (χ2n) is 9.82. The Kier molecular flexibility index (Phi) is 7.80. The third-order valence-electron chi connectivity index (χ3n) is 6.60. The molecule has 200 valence electrons. The van der Waals surface area contributed by atoms with E-state index in [9.17, 15) is 22.8 Å². The molecule has 1 aromatic carbocycles. The highest BCUT2D eigenvalue weighted by molar-refractivity contribution is 6.35. The van der Waals surface area contributed by atoms with Gasteiger partial charge in [0.15, 0.2) is 5.60 Å². The summed E-state index contributed by atoms with van der Waals surface area (Å²) in [6, 6.07) is 8.21. The van der Waals surface area contributed by atoms with Gasteiger partial charge in [0.2, 0.25) is 0 Å². The number of alkyl halides is 3. The summed E-state index contributed by atoms with van der Waals surface area (Å²) in [5.41, 5.74) is -0.448. The molecule has 37 heavy (non-hydrogen) atoms. The molecule has 2 fully saturated rings. The number of hydrogen-bond acceptors (Lipinski definition) is 5. The number of carbonyl (C=O) groups is 2. The van der Waals surface area contributed by atoms with Gasteiger partial charge in [-0.05, 0) is 69.9 Å². The summed E-state index contributed by atoms with van der Waals surface area (Å²) in [4.78, 5) is 31.3. The summed E-state index contributed by atoms with van der Waals surface area (Å²) in [6.45, 7) is 1.94. The molecule has 0 aliphatic carbocycles. The fourth-order valence-corrected chi connectivity index (χ4v) is 5.35. The first-order valence-electron chi connectivity index (χ1n) is 11.9. The Balaban J connectivity index is 1.35. The molecule has 3 heterocycles. The zero-order valence-corrected chi connectivity index (χ0v) is 21.8. The number of hydrogen-bond donors (Lipinski definition) is 2. The van der Waals surface area contributed by atoms with Crippen LogP contribution in [0.2, 0.25) is 10.0 Å². The van der Waals surface area contributed by atoms with Crippen LogP contribution in [0, 0.1) is 0 Å².